The summed E-state index contributed by atoms with van der Waals surface area (Å²) in [6.07, 6.45) is 2.74. The van der Waals surface area contributed by atoms with E-state index in [0.29, 0.717) is 24.3 Å². The van der Waals surface area contributed by atoms with Crippen molar-refractivity contribution in [3.05, 3.63) is 48.4 Å². The number of nitrogens with zero attached hydrogens (tertiary/aromatic N) is 2. The van der Waals surface area contributed by atoms with Gasteiger partial charge in [0.25, 0.3) is 5.91 Å². The third-order valence-corrected chi connectivity index (χ3v) is 6.19. The largest absolute Gasteiger partial charge is 0.472 e. The highest BCUT2D eigenvalue weighted by Crippen LogP contribution is 2.21. The van der Waals surface area contributed by atoms with Crippen LogP contribution in [-0.2, 0) is 10.0 Å². The number of anilines is 1. The molecule has 0 aliphatic carbocycles. The van der Waals surface area contributed by atoms with Crippen LogP contribution in [0.25, 0.3) is 0 Å². The van der Waals surface area contributed by atoms with Gasteiger partial charge in [-0.1, -0.05) is 13.0 Å². The molecule has 2 heterocycles. The van der Waals surface area contributed by atoms with Crippen LogP contribution in [0.2, 0.25) is 0 Å². The van der Waals surface area contributed by atoms with E-state index >= 15 is 0 Å². The summed E-state index contributed by atoms with van der Waals surface area (Å²) < 4.78 is 32.0. The Bertz CT molecular complexity index is 825. The van der Waals surface area contributed by atoms with Crippen LogP contribution in [-0.4, -0.2) is 56.3 Å². The first-order valence-corrected chi connectivity index (χ1v) is 9.61. The summed E-state index contributed by atoms with van der Waals surface area (Å²) in [5.74, 6) is -0.347. The molecule has 1 aromatic heterocycles. The van der Waals surface area contributed by atoms with Gasteiger partial charge < -0.3 is 14.6 Å². The standard InChI is InChI=1S/C17H21N3O4S/c1-2-19-7-9-20(10-8-19)25(22,23)16-5-3-4-15(12-16)18-17(21)14-6-11-24-13-14/h3-6,11-13H,2,7-10H2,1H3,(H,18,21). The minimum Gasteiger partial charge on any atom is -0.472 e. The average Bonchev–Trinajstić information content (AvgIpc) is 3.17. The molecule has 1 aliphatic heterocycles. The maximum absolute atomic E-state index is 12.8. The van der Waals surface area contributed by atoms with Gasteiger partial charge in [-0.25, -0.2) is 8.42 Å². The molecule has 1 N–H and O–H groups in total. The summed E-state index contributed by atoms with van der Waals surface area (Å²) in [6, 6.07) is 7.86. The normalized spacial score (nSPS) is 16.7. The van der Waals surface area contributed by atoms with Crippen molar-refractivity contribution < 1.29 is 17.6 Å². The number of hydrogen-bond donors (Lipinski definition) is 1. The first-order chi connectivity index (χ1) is 12.0. The smallest absolute Gasteiger partial charge is 0.258 e. The van der Waals surface area contributed by atoms with Crippen LogP contribution < -0.4 is 5.32 Å². The van der Waals surface area contributed by atoms with Crippen LogP contribution in [0.15, 0.2) is 52.2 Å². The number of amides is 1. The van der Waals surface area contributed by atoms with Crippen LogP contribution in [0.5, 0.6) is 0 Å². The molecule has 0 atom stereocenters. The van der Waals surface area contributed by atoms with Crippen molar-refractivity contribution in [2.24, 2.45) is 0 Å². The Morgan fingerprint density at radius 1 is 1.20 bits per heavy atom. The van der Waals surface area contributed by atoms with Crippen molar-refractivity contribution in [2.45, 2.75) is 11.8 Å². The molecule has 0 unspecified atom stereocenters. The fraction of sp³-hybridized carbons (Fsp3) is 0.353. The Kier molecular flexibility index (Phi) is 5.22. The fourth-order valence-electron chi connectivity index (χ4n) is 2.77. The highest BCUT2D eigenvalue weighted by Gasteiger charge is 2.28. The van der Waals surface area contributed by atoms with Crippen molar-refractivity contribution in [1.82, 2.24) is 9.21 Å². The van der Waals surface area contributed by atoms with Crippen LogP contribution in [0.3, 0.4) is 0 Å². The molecule has 0 radical (unpaired) electrons. The monoisotopic (exact) mass is 363 g/mol. The number of carbonyl (C=O) groups is 1. The van der Waals surface area contributed by atoms with Crippen LogP contribution in [0, 0.1) is 0 Å². The van der Waals surface area contributed by atoms with Gasteiger partial charge in [0.15, 0.2) is 0 Å². The zero-order chi connectivity index (χ0) is 17.9. The SMILES string of the molecule is CCN1CCN(S(=O)(=O)c2cccc(NC(=O)c3ccoc3)c2)CC1. The summed E-state index contributed by atoms with van der Waals surface area (Å²) in [7, 11) is -3.57. The third kappa shape index (κ3) is 3.92. The lowest BCUT2D eigenvalue weighted by Crippen LogP contribution is -2.48. The number of piperazine rings is 1. The van der Waals surface area contributed by atoms with E-state index in [9.17, 15) is 13.2 Å². The summed E-state index contributed by atoms with van der Waals surface area (Å²) in [6.45, 7) is 5.39. The Morgan fingerprint density at radius 2 is 1.96 bits per heavy atom. The molecule has 25 heavy (non-hydrogen) atoms. The maximum Gasteiger partial charge on any atom is 0.258 e. The number of likely N-dealkylation sites (N-methyl/N-ethyl adjacent to an activating group) is 1. The van der Waals surface area contributed by atoms with Crippen molar-refractivity contribution >= 4 is 21.6 Å². The molecule has 7 nitrogen and oxygen atoms in total. The number of carbonyl (C=O) groups excluding carboxylic acids is 1. The topological polar surface area (TPSA) is 82.9 Å². The lowest BCUT2D eigenvalue weighted by atomic mass is 10.3. The lowest BCUT2D eigenvalue weighted by Gasteiger charge is -2.33. The highest BCUT2D eigenvalue weighted by molar-refractivity contribution is 7.89. The van der Waals surface area contributed by atoms with Crippen LogP contribution in [0.4, 0.5) is 5.69 Å². The summed E-state index contributed by atoms with van der Waals surface area (Å²) in [4.78, 5) is 14.5. The van der Waals surface area contributed by atoms with Gasteiger partial charge in [-0.2, -0.15) is 4.31 Å². The van der Waals surface area contributed by atoms with E-state index in [1.54, 1.807) is 24.3 Å². The number of sulfonamides is 1. The molecule has 2 aromatic rings. The summed E-state index contributed by atoms with van der Waals surface area (Å²) >= 11 is 0. The Morgan fingerprint density at radius 3 is 2.60 bits per heavy atom. The quantitative estimate of drug-likeness (QED) is 0.877. The van der Waals surface area contributed by atoms with Crippen molar-refractivity contribution in [3.63, 3.8) is 0 Å². The van der Waals surface area contributed by atoms with Gasteiger partial charge in [0.2, 0.25) is 10.0 Å². The predicted molar refractivity (Wildman–Crippen MR) is 94.0 cm³/mol. The minimum absolute atomic E-state index is 0.183. The average molecular weight is 363 g/mol. The molecule has 0 saturated carbocycles. The molecule has 0 spiro atoms. The molecule has 0 bridgehead atoms. The van der Waals surface area contributed by atoms with Gasteiger partial charge in [0.1, 0.15) is 6.26 Å². The minimum atomic E-state index is -3.57. The van der Waals surface area contributed by atoms with E-state index in [0.717, 1.165) is 19.6 Å². The van der Waals surface area contributed by atoms with Gasteiger partial charge in [0, 0.05) is 31.9 Å². The molecule has 1 aromatic carbocycles. The van der Waals surface area contributed by atoms with Crippen LogP contribution in [0.1, 0.15) is 17.3 Å². The number of benzene rings is 1. The molecule has 1 amide bonds. The van der Waals surface area contributed by atoms with E-state index in [-0.39, 0.29) is 10.8 Å². The summed E-state index contributed by atoms with van der Waals surface area (Å²) in [5, 5.41) is 2.69. The molecule has 1 aliphatic rings. The van der Waals surface area contributed by atoms with Gasteiger partial charge in [-0.05, 0) is 30.8 Å². The van der Waals surface area contributed by atoms with Gasteiger partial charge in [0.05, 0.1) is 16.7 Å². The zero-order valence-electron chi connectivity index (χ0n) is 14.0. The third-order valence-electron chi connectivity index (χ3n) is 4.29. The number of rotatable bonds is 5. The van der Waals surface area contributed by atoms with Gasteiger partial charge in [-0.3, -0.25) is 4.79 Å². The zero-order valence-corrected chi connectivity index (χ0v) is 14.8. The first-order valence-electron chi connectivity index (χ1n) is 8.17. The number of furan rings is 1. The molecule has 8 heteroatoms. The van der Waals surface area contributed by atoms with E-state index in [1.165, 1.54) is 22.9 Å². The number of hydrogen-bond acceptors (Lipinski definition) is 5. The Hall–Kier alpha value is -2.16. The van der Waals surface area contributed by atoms with E-state index in [4.69, 9.17) is 4.42 Å². The lowest BCUT2D eigenvalue weighted by molar-refractivity contribution is 0.102. The summed E-state index contributed by atoms with van der Waals surface area (Å²) in [5.41, 5.74) is 0.809. The fourth-order valence-corrected chi connectivity index (χ4v) is 4.24. The second-order valence-electron chi connectivity index (χ2n) is 5.83. The van der Waals surface area contributed by atoms with Gasteiger partial charge >= 0.3 is 0 Å². The molecule has 1 saturated heterocycles. The van der Waals surface area contributed by atoms with E-state index in [1.807, 2.05) is 0 Å². The second-order valence-corrected chi connectivity index (χ2v) is 7.77. The second kappa shape index (κ2) is 7.38. The molecule has 3 rings (SSSR count). The van der Waals surface area contributed by atoms with Crippen molar-refractivity contribution in [2.75, 3.05) is 38.0 Å². The maximum atomic E-state index is 12.8. The first kappa shape index (κ1) is 17.7. The Labute approximate surface area is 147 Å². The molecular formula is C17H21N3O4S. The highest BCUT2D eigenvalue weighted by atomic mass is 32.2. The molecule has 134 valence electrons. The van der Waals surface area contributed by atoms with Crippen molar-refractivity contribution in [1.29, 1.82) is 0 Å². The van der Waals surface area contributed by atoms with Gasteiger partial charge in [-0.15, -0.1) is 0 Å². The molecular weight excluding hydrogens is 342 g/mol. The Balaban J connectivity index is 1.75. The van der Waals surface area contributed by atoms with Crippen molar-refractivity contribution in [3.8, 4) is 0 Å². The number of nitrogens with one attached hydrogen (secondary N) is 1. The van der Waals surface area contributed by atoms with E-state index < -0.39 is 10.0 Å². The molecule has 1 fully saturated rings. The van der Waals surface area contributed by atoms with E-state index in [2.05, 4.69) is 17.1 Å². The predicted octanol–water partition coefficient (Wildman–Crippen LogP) is 1.86. The van der Waals surface area contributed by atoms with Crippen LogP contribution >= 0.6 is 0 Å².